The standard InChI is InChI=1S/C13H27NO/c1-10(13(5,6)7)14-11(15)8-9-12(2,3)4/h10H,8-9H2,1-7H3,(H,14,15)/t10-/m0/s1. The Morgan fingerprint density at radius 2 is 1.60 bits per heavy atom. The van der Waals surface area contributed by atoms with Crippen molar-refractivity contribution in [3.63, 3.8) is 0 Å². The Hall–Kier alpha value is -0.530. The normalized spacial score (nSPS) is 14.9. The number of nitrogens with one attached hydrogen (secondary N) is 1. The summed E-state index contributed by atoms with van der Waals surface area (Å²) < 4.78 is 0. The van der Waals surface area contributed by atoms with Gasteiger partial charge in [0.2, 0.25) is 5.91 Å². The molecular formula is C13H27NO. The van der Waals surface area contributed by atoms with Crippen molar-refractivity contribution in [2.75, 3.05) is 0 Å². The van der Waals surface area contributed by atoms with Crippen LogP contribution in [0.25, 0.3) is 0 Å². The van der Waals surface area contributed by atoms with Crippen molar-refractivity contribution in [1.82, 2.24) is 5.32 Å². The molecule has 2 nitrogen and oxygen atoms in total. The minimum atomic E-state index is 0.136. The monoisotopic (exact) mass is 213 g/mol. The Morgan fingerprint density at radius 3 is 1.93 bits per heavy atom. The molecule has 0 heterocycles. The molecule has 0 saturated carbocycles. The van der Waals surface area contributed by atoms with Crippen molar-refractivity contribution in [2.24, 2.45) is 10.8 Å². The molecule has 0 spiro atoms. The van der Waals surface area contributed by atoms with Crippen LogP contribution < -0.4 is 5.32 Å². The molecule has 0 aromatic carbocycles. The van der Waals surface area contributed by atoms with Crippen LogP contribution >= 0.6 is 0 Å². The molecule has 0 saturated heterocycles. The van der Waals surface area contributed by atoms with E-state index >= 15 is 0 Å². The van der Waals surface area contributed by atoms with Gasteiger partial charge in [0.25, 0.3) is 0 Å². The fraction of sp³-hybridized carbons (Fsp3) is 0.923. The summed E-state index contributed by atoms with van der Waals surface area (Å²) in [4.78, 5) is 11.6. The van der Waals surface area contributed by atoms with Gasteiger partial charge in [0.15, 0.2) is 0 Å². The molecular weight excluding hydrogens is 186 g/mol. The molecule has 0 radical (unpaired) electrons. The van der Waals surface area contributed by atoms with E-state index in [0.717, 1.165) is 6.42 Å². The Labute approximate surface area is 94.8 Å². The van der Waals surface area contributed by atoms with Crippen molar-refractivity contribution < 1.29 is 4.79 Å². The second-order valence-corrected chi connectivity index (χ2v) is 6.72. The molecule has 0 aliphatic heterocycles. The highest BCUT2D eigenvalue weighted by molar-refractivity contribution is 5.76. The van der Waals surface area contributed by atoms with Gasteiger partial charge in [0.05, 0.1) is 0 Å². The maximum absolute atomic E-state index is 11.6. The van der Waals surface area contributed by atoms with Crippen molar-refractivity contribution >= 4 is 5.91 Å². The van der Waals surface area contributed by atoms with E-state index in [9.17, 15) is 4.79 Å². The third kappa shape index (κ3) is 7.40. The maximum atomic E-state index is 11.6. The van der Waals surface area contributed by atoms with Gasteiger partial charge >= 0.3 is 0 Å². The third-order valence-electron chi connectivity index (χ3n) is 2.78. The maximum Gasteiger partial charge on any atom is 0.220 e. The molecule has 0 fully saturated rings. The van der Waals surface area contributed by atoms with Crippen molar-refractivity contribution in [2.45, 2.75) is 67.3 Å². The first-order valence-electron chi connectivity index (χ1n) is 5.82. The molecule has 2 heteroatoms. The van der Waals surface area contributed by atoms with E-state index in [1.54, 1.807) is 0 Å². The summed E-state index contributed by atoms with van der Waals surface area (Å²) >= 11 is 0. The zero-order valence-electron chi connectivity index (χ0n) is 11.4. The van der Waals surface area contributed by atoms with Gasteiger partial charge in [-0.3, -0.25) is 4.79 Å². The van der Waals surface area contributed by atoms with Gasteiger partial charge in [-0.15, -0.1) is 0 Å². The van der Waals surface area contributed by atoms with Crippen LogP contribution in [0.4, 0.5) is 0 Å². The number of hydrogen-bond acceptors (Lipinski definition) is 1. The lowest BCUT2D eigenvalue weighted by molar-refractivity contribution is -0.122. The topological polar surface area (TPSA) is 29.1 Å². The summed E-state index contributed by atoms with van der Waals surface area (Å²) in [5.41, 5.74) is 0.375. The lowest BCUT2D eigenvalue weighted by atomic mass is 9.87. The number of carbonyl (C=O) groups is 1. The second kappa shape index (κ2) is 5.00. The zero-order chi connectivity index (χ0) is 12.3. The van der Waals surface area contributed by atoms with Gasteiger partial charge in [-0.1, -0.05) is 41.5 Å². The fourth-order valence-electron chi connectivity index (χ4n) is 1.02. The lowest BCUT2D eigenvalue weighted by Gasteiger charge is -2.28. The highest BCUT2D eigenvalue weighted by atomic mass is 16.1. The number of hydrogen-bond donors (Lipinski definition) is 1. The van der Waals surface area contributed by atoms with Gasteiger partial charge < -0.3 is 5.32 Å². The molecule has 15 heavy (non-hydrogen) atoms. The molecule has 1 N–H and O–H groups in total. The van der Waals surface area contributed by atoms with E-state index in [-0.39, 0.29) is 22.8 Å². The van der Waals surface area contributed by atoms with Gasteiger partial charge in [0, 0.05) is 12.5 Å². The van der Waals surface area contributed by atoms with E-state index in [1.165, 1.54) is 0 Å². The highest BCUT2D eigenvalue weighted by Gasteiger charge is 2.22. The van der Waals surface area contributed by atoms with E-state index in [2.05, 4.69) is 53.8 Å². The molecule has 1 amide bonds. The number of amides is 1. The minimum Gasteiger partial charge on any atom is -0.353 e. The molecule has 0 aromatic rings. The predicted molar refractivity (Wildman–Crippen MR) is 65.7 cm³/mol. The van der Waals surface area contributed by atoms with E-state index in [1.807, 2.05) is 0 Å². The Bertz CT molecular complexity index is 208. The highest BCUT2D eigenvalue weighted by Crippen LogP contribution is 2.21. The predicted octanol–water partition coefficient (Wildman–Crippen LogP) is 3.36. The van der Waals surface area contributed by atoms with Gasteiger partial charge in [0.1, 0.15) is 0 Å². The van der Waals surface area contributed by atoms with Crippen LogP contribution in [0.3, 0.4) is 0 Å². The van der Waals surface area contributed by atoms with Crippen LogP contribution in [0.1, 0.15) is 61.3 Å². The molecule has 0 aliphatic rings. The van der Waals surface area contributed by atoms with Crippen LogP contribution in [0.5, 0.6) is 0 Å². The van der Waals surface area contributed by atoms with Crippen molar-refractivity contribution in [3.05, 3.63) is 0 Å². The third-order valence-corrected chi connectivity index (χ3v) is 2.78. The van der Waals surface area contributed by atoms with Crippen LogP contribution in [-0.2, 0) is 4.79 Å². The Balaban J connectivity index is 3.96. The largest absolute Gasteiger partial charge is 0.353 e. The van der Waals surface area contributed by atoms with Crippen LogP contribution in [0.2, 0.25) is 0 Å². The van der Waals surface area contributed by atoms with E-state index < -0.39 is 0 Å². The van der Waals surface area contributed by atoms with E-state index in [0.29, 0.717) is 6.42 Å². The van der Waals surface area contributed by atoms with Gasteiger partial charge in [-0.2, -0.15) is 0 Å². The molecule has 90 valence electrons. The van der Waals surface area contributed by atoms with Gasteiger partial charge in [-0.05, 0) is 24.2 Å². The average molecular weight is 213 g/mol. The molecule has 0 unspecified atom stereocenters. The van der Waals surface area contributed by atoms with Crippen LogP contribution in [-0.4, -0.2) is 11.9 Å². The summed E-state index contributed by atoms with van der Waals surface area (Å²) in [5.74, 6) is 0.173. The summed E-state index contributed by atoms with van der Waals surface area (Å²) in [6, 6.07) is 0.227. The summed E-state index contributed by atoms with van der Waals surface area (Å²) in [6.45, 7) is 15.0. The van der Waals surface area contributed by atoms with Gasteiger partial charge in [-0.25, -0.2) is 0 Å². The Morgan fingerprint density at radius 1 is 1.13 bits per heavy atom. The lowest BCUT2D eigenvalue weighted by Crippen LogP contribution is -2.41. The van der Waals surface area contributed by atoms with Crippen molar-refractivity contribution in [1.29, 1.82) is 0 Å². The molecule has 1 atom stereocenters. The van der Waals surface area contributed by atoms with Crippen molar-refractivity contribution in [3.8, 4) is 0 Å². The fourth-order valence-corrected chi connectivity index (χ4v) is 1.02. The first kappa shape index (κ1) is 14.5. The van der Waals surface area contributed by atoms with Crippen LogP contribution in [0.15, 0.2) is 0 Å². The summed E-state index contributed by atoms with van der Waals surface area (Å²) in [6.07, 6.45) is 1.57. The first-order chi connectivity index (χ1) is 6.52. The number of rotatable bonds is 3. The molecule has 0 aromatic heterocycles. The summed E-state index contributed by atoms with van der Waals surface area (Å²) in [7, 11) is 0. The van der Waals surface area contributed by atoms with Crippen LogP contribution in [0, 0.1) is 10.8 Å². The smallest absolute Gasteiger partial charge is 0.220 e. The molecule has 0 rings (SSSR count). The molecule has 0 bridgehead atoms. The Kier molecular flexibility index (Phi) is 4.82. The summed E-state index contributed by atoms with van der Waals surface area (Å²) in [5, 5.41) is 3.05. The van der Waals surface area contributed by atoms with E-state index in [4.69, 9.17) is 0 Å². The molecule has 0 aliphatic carbocycles. The SMILES string of the molecule is C[C@H](NC(=O)CCC(C)(C)C)C(C)(C)C. The first-order valence-corrected chi connectivity index (χ1v) is 5.82. The number of carbonyl (C=O) groups excluding carboxylic acids is 1. The minimum absolute atomic E-state index is 0.136. The zero-order valence-corrected chi connectivity index (χ0v) is 11.4. The second-order valence-electron chi connectivity index (χ2n) is 6.72. The quantitative estimate of drug-likeness (QED) is 0.765. The average Bonchev–Trinajstić information content (AvgIpc) is 1.97.